The molecule has 4 rings (SSSR count). The van der Waals surface area contributed by atoms with E-state index in [0.717, 1.165) is 45.9 Å². The summed E-state index contributed by atoms with van der Waals surface area (Å²) in [6.07, 6.45) is 1.91. The van der Waals surface area contributed by atoms with Gasteiger partial charge in [-0.1, -0.05) is 34.1 Å². The molecule has 0 amide bonds. The summed E-state index contributed by atoms with van der Waals surface area (Å²) in [6.45, 7) is 6.95. The lowest BCUT2D eigenvalue weighted by atomic mass is 10.1. The third-order valence-corrected chi connectivity index (χ3v) is 5.52. The van der Waals surface area contributed by atoms with Gasteiger partial charge < -0.3 is 9.80 Å². The number of fused-ring (bicyclic) bond motifs is 1. The van der Waals surface area contributed by atoms with Gasteiger partial charge in [-0.05, 0) is 56.3 Å². The summed E-state index contributed by atoms with van der Waals surface area (Å²) in [5, 5.41) is 0. The molecule has 4 nitrogen and oxygen atoms in total. The summed E-state index contributed by atoms with van der Waals surface area (Å²) in [7, 11) is 0. The number of hydrogen-bond donors (Lipinski definition) is 0. The molecular formula is C23H23BrN4. The van der Waals surface area contributed by atoms with E-state index in [9.17, 15) is 0 Å². The fourth-order valence-electron chi connectivity index (χ4n) is 3.50. The van der Waals surface area contributed by atoms with Crippen molar-refractivity contribution in [2.75, 3.05) is 29.6 Å². The molecule has 0 unspecified atom stereocenters. The highest BCUT2D eigenvalue weighted by atomic mass is 79.9. The minimum atomic E-state index is 0.570. The molecule has 0 atom stereocenters. The number of halogens is 1. The number of hydrogen-bond acceptors (Lipinski definition) is 4. The normalized spacial score (nSPS) is 12.8. The van der Waals surface area contributed by atoms with Crippen LogP contribution in [-0.2, 0) is 0 Å². The van der Waals surface area contributed by atoms with Gasteiger partial charge in [0.2, 0.25) is 0 Å². The van der Waals surface area contributed by atoms with Crippen molar-refractivity contribution in [2.24, 2.45) is 4.99 Å². The highest BCUT2D eigenvalue weighted by molar-refractivity contribution is 9.10. The maximum Gasteiger partial charge on any atom is 0.144 e. The average molecular weight is 435 g/mol. The monoisotopic (exact) mass is 434 g/mol. The Hall–Kier alpha value is -2.66. The molecule has 2 heterocycles. The maximum absolute atomic E-state index is 4.99. The minimum Gasteiger partial charge on any atom is -0.372 e. The van der Waals surface area contributed by atoms with Crippen LogP contribution in [0.2, 0.25) is 0 Å². The number of nitrogens with zero attached hydrogens (tertiary/aromatic N) is 4. The second-order valence-electron chi connectivity index (χ2n) is 6.69. The molecule has 1 aliphatic heterocycles. The van der Waals surface area contributed by atoms with E-state index in [1.165, 1.54) is 5.69 Å². The van der Waals surface area contributed by atoms with Crippen LogP contribution in [0.3, 0.4) is 0 Å². The quantitative estimate of drug-likeness (QED) is 0.501. The lowest BCUT2D eigenvalue weighted by Gasteiger charge is -2.27. The van der Waals surface area contributed by atoms with Gasteiger partial charge >= 0.3 is 0 Å². The molecule has 28 heavy (non-hydrogen) atoms. The molecule has 0 spiro atoms. The molecule has 0 aliphatic carbocycles. The summed E-state index contributed by atoms with van der Waals surface area (Å²) in [5.41, 5.74) is 5.45. The van der Waals surface area contributed by atoms with E-state index in [1.54, 1.807) is 0 Å². The summed E-state index contributed by atoms with van der Waals surface area (Å²) in [6, 6.07) is 21.1. The third kappa shape index (κ3) is 3.67. The Morgan fingerprint density at radius 1 is 1.00 bits per heavy atom. The van der Waals surface area contributed by atoms with Gasteiger partial charge in [-0.15, -0.1) is 0 Å². The molecule has 0 saturated carbocycles. The van der Waals surface area contributed by atoms with Crippen LogP contribution in [0.5, 0.6) is 0 Å². The molecule has 0 bridgehead atoms. The third-order valence-electron chi connectivity index (χ3n) is 5.03. The largest absolute Gasteiger partial charge is 0.372 e. The van der Waals surface area contributed by atoms with Crippen molar-refractivity contribution >= 4 is 39.3 Å². The fraction of sp³-hybridized carbons (Fsp3) is 0.217. The summed E-state index contributed by atoms with van der Waals surface area (Å²) < 4.78 is 1.05. The van der Waals surface area contributed by atoms with E-state index in [4.69, 9.17) is 4.98 Å². The van der Waals surface area contributed by atoms with E-state index in [0.29, 0.717) is 6.67 Å². The number of benzene rings is 2. The molecule has 3 aromatic rings. The van der Waals surface area contributed by atoms with Gasteiger partial charge in [0.25, 0.3) is 0 Å². The molecule has 2 aromatic carbocycles. The molecule has 0 radical (unpaired) electrons. The van der Waals surface area contributed by atoms with E-state index < -0.39 is 0 Å². The zero-order chi connectivity index (χ0) is 19.5. The maximum atomic E-state index is 4.99. The van der Waals surface area contributed by atoms with Gasteiger partial charge in [0, 0.05) is 46.3 Å². The van der Waals surface area contributed by atoms with Crippen LogP contribution < -0.4 is 9.80 Å². The van der Waals surface area contributed by atoms with Crippen molar-refractivity contribution in [3.8, 4) is 11.3 Å². The van der Waals surface area contributed by atoms with Gasteiger partial charge in [-0.3, -0.25) is 4.99 Å². The lowest BCUT2D eigenvalue weighted by Crippen LogP contribution is -2.23. The predicted octanol–water partition coefficient (Wildman–Crippen LogP) is 5.89. The van der Waals surface area contributed by atoms with Crippen LogP contribution in [-0.4, -0.2) is 31.0 Å². The van der Waals surface area contributed by atoms with Crippen LogP contribution in [0.25, 0.3) is 11.3 Å². The number of aliphatic imine (C=N–C) groups is 1. The van der Waals surface area contributed by atoms with E-state index in [1.807, 2.05) is 18.3 Å². The van der Waals surface area contributed by atoms with Gasteiger partial charge in [0.05, 0.1) is 5.69 Å². The van der Waals surface area contributed by atoms with Gasteiger partial charge in [-0.2, -0.15) is 0 Å². The Morgan fingerprint density at radius 2 is 1.79 bits per heavy atom. The molecule has 1 aliphatic rings. The minimum absolute atomic E-state index is 0.570. The second kappa shape index (κ2) is 8.15. The summed E-state index contributed by atoms with van der Waals surface area (Å²) >= 11 is 3.56. The Bertz CT molecular complexity index is 994. The predicted molar refractivity (Wildman–Crippen MR) is 122 cm³/mol. The molecule has 0 saturated heterocycles. The van der Waals surface area contributed by atoms with Gasteiger partial charge in [0.15, 0.2) is 0 Å². The molecule has 5 heteroatoms. The van der Waals surface area contributed by atoms with E-state index in [-0.39, 0.29) is 0 Å². The zero-order valence-corrected chi connectivity index (χ0v) is 17.7. The molecule has 1 aromatic heterocycles. The van der Waals surface area contributed by atoms with Gasteiger partial charge in [0.1, 0.15) is 12.5 Å². The zero-order valence-electron chi connectivity index (χ0n) is 16.1. The number of rotatable bonds is 5. The molecule has 142 valence electrons. The Balaban J connectivity index is 1.70. The smallest absolute Gasteiger partial charge is 0.144 e. The summed E-state index contributed by atoms with van der Waals surface area (Å²) in [5.74, 6) is 0.943. The SMILES string of the molecule is CCN(CC)c1ccc(-c2ccc3c(n2)N(c2cccc(Br)c2)CN=C3)cc1. The highest BCUT2D eigenvalue weighted by Gasteiger charge is 2.18. The molecule has 0 fully saturated rings. The van der Waals surface area contributed by atoms with Crippen molar-refractivity contribution in [3.05, 3.63) is 70.7 Å². The van der Waals surface area contributed by atoms with Crippen LogP contribution >= 0.6 is 15.9 Å². The number of aromatic nitrogens is 1. The van der Waals surface area contributed by atoms with Crippen LogP contribution in [0, 0.1) is 0 Å². The van der Waals surface area contributed by atoms with Crippen LogP contribution in [0.1, 0.15) is 19.4 Å². The van der Waals surface area contributed by atoms with Crippen LogP contribution in [0.4, 0.5) is 17.2 Å². The topological polar surface area (TPSA) is 31.7 Å². The lowest BCUT2D eigenvalue weighted by molar-refractivity contribution is 0.866. The van der Waals surface area contributed by atoms with Crippen molar-refractivity contribution in [2.45, 2.75) is 13.8 Å². The molecule has 0 N–H and O–H groups in total. The van der Waals surface area contributed by atoms with Crippen molar-refractivity contribution in [1.29, 1.82) is 0 Å². The first-order valence-electron chi connectivity index (χ1n) is 9.59. The number of pyridine rings is 1. The molecular weight excluding hydrogens is 412 g/mol. The Morgan fingerprint density at radius 3 is 2.50 bits per heavy atom. The van der Waals surface area contributed by atoms with E-state index >= 15 is 0 Å². The second-order valence-corrected chi connectivity index (χ2v) is 7.61. The Kier molecular flexibility index (Phi) is 5.44. The van der Waals surface area contributed by atoms with Crippen molar-refractivity contribution in [3.63, 3.8) is 0 Å². The summed E-state index contributed by atoms with van der Waals surface area (Å²) in [4.78, 5) is 14.0. The number of anilines is 3. The average Bonchev–Trinajstić information content (AvgIpc) is 2.74. The first-order valence-corrected chi connectivity index (χ1v) is 10.4. The standard InChI is InChI=1S/C23H23BrN4/c1-3-27(4-2)20-11-8-17(9-12-20)22-13-10-18-15-25-16-28(23(18)26-22)21-7-5-6-19(24)14-21/h5-15H,3-4,16H2,1-2H3. The van der Waals surface area contributed by atoms with Crippen molar-refractivity contribution in [1.82, 2.24) is 4.98 Å². The highest BCUT2D eigenvalue weighted by Crippen LogP contribution is 2.32. The van der Waals surface area contributed by atoms with Gasteiger partial charge in [-0.25, -0.2) is 4.98 Å². The first kappa shape index (κ1) is 18.7. The Labute approximate surface area is 174 Å². The fourth-order valence-corrected chi connectivity index (χ4v) is 3.89. The van der Waals surface area contributed by atoms with Crippen LogP contribution in [0.15, 0.2) is 70.1 Å². The first-order chi connectivity index (χ1) is 13.7. The van der Waals surface area contributed by atoms with Crippen molar-refractivity contribution < 1.29 is 0 Å². The van der Waals surface area contributed by atoms with E-state index in [2.05, 4.69) is 93.1 Å².